The van der Waals surface area contributed by atoms with Crippen molar-refractivity contribution in [2.45, 2.75) is 6.92 Å². The van der Waals surface area contributed by atoms with Gasteiger partial charge in [-0.1, -0.05) is 0 Å². The highest BCUT2D eigenvalue weighted by Crippen LogP contribution is 2.24. The van der Waals surface area contributed by atoms with Gasteiger partial charge in [0, 0.05) is 16.8 Å². The second-order valence-corrected chi connectivity index (χ2v) is 5.61. The minimum atomic E-state index is -0.610. The molecule has 1 aromatic heterocycles. The summed E-state index contributed by atoms with van der Waals surface area (Å²) in [6.07, 6.45) is 0. The number of hydrogen-bond donors (Lipinski definition) is 2. The molecule has 0 aliphatic heterocycles. The average Bonchev–Trinajstić information content (AvgIpc) is 2.82. The maximum atomic E-state index is 13.2. The molecule has 0 atom stereocenters. The fourth-order valence-corrected chi connectivity index (χ4v) is 2.64. The molecular weight excluding hydrogens is 349 g/mol. The lowest BCUT2D eigenvalue weighted by atomic mass is 10.2. The number of aromatic nitrogens is 1. The van der Waals surface area contributed by atoms with Crippen molar-refractivity contribution >= 4 is 49.8 Å². The summed E-state index contributed by atoms with van der Waals surface area (Å²) in [7, 11) is 0. The molecule has 8 heteroatoms. The Balaban J connectivity index is 2.23. The van der Waals surface area contributed by atoms with E-state index in [2.05, 4.69) is 26.2 Å². The van der Waals surface area contributed by atoms with Crippen molar-refractivity contribution in [1.82, 2.24) is 4.98 Å². The van der Waals surface area contributed by atoms with Crippen LogP contribution in [0.4, 0.5) is 15.2 Å². The number of thiazole rings is 1. The summed E-state index contributed by atoms with van der Waals surface area (Å²) < 4.78 is 13.5. The highest BCUT2D eigenvalue weighted by molar-refractivity contribution is 9.10. The molecule has 5 nitrogen and oxygen atoms in total. The third kappa shape index (κ3) is 3.02. The van der Waals surface area contributed by atoms with E-state index in [9.17, 15) is 14.0 Å². The number of carbonyl (C=O) groups excluding carboxylic acids is 2. The Morgan fingerprint density at radius 2 is 2.15 bits per heavy atom. The predicted molar refractivity (Wildman–Crippen MR) is 78.6 cm³/mol. The van der Waals surface area contributed by atoms with Gasteiger partial charge in [-0.3, -0.25) is 14.9 Å². The van der Waals surface area contributed by atoms with Gasteiger partial charge in [-0.25, -0.2) is 9.37 Å². The van der Waals surface area contributed by atoms with Gasteiger partial charge < -0.3 is 5.73 Å². The molecule has 0 unspecified atom stereocenters. The summed E-state index contributed by atoms with van der Waals surface area (Å²) in [6.45, 7) is 1.39. The summed E-state index contributed by atoms with van der Waals surface area (Å²) in [5.41, 5.74) is 5.77. The molecule has 3 N–H and O–H groups in total. The lowest BCUT2D eigenvalue weighted by Gasteiger charge is -2.06. The zero-order chi connectivity index (χ0) is 14.9. The lowest BCUT2D eigenvalue weighted by molar-refractivity contribution is 0.100. The van der Waals surface area contributed by atoms with Gasteiger partial charge in [-0.2, -0.15) is 0 Å². The SMILES string of the molecule is CC(=O)c1csc(NC(=O)c2cc(N)c(F)cc2Br)n1. The fourth-order valence-electron chi connectivity index (χ4n) is 1.40. The molecule has 1 amide bonds. The number of nitrogens with two attached hydrogens (primary N) is 1. The first kappa shape index (κ1) is 14.6. The number of rotatable bonds is 3. The van der Waals surface area contributed by atoms with Crippen LogP contribution in [0.3, 0.4) is 0 Å². The highest BCUT2D eigenvalue weighted by Gasteiger charge is 2.15. The third-order valence-corrected chi connectivity index (χ3v) is 3.83. The molecule has 0 fully saturated rings. The van der Waals surface area contributed by atoms with Crippen LogP contribution in [0.25, 0.3) is 0 Å². The van der Waals surface area contributed by atoms with Crippen LogP contribution in [0.15, 0.2) is 22.0 Å². The van der Waals surface area contributed by atoms with Crippen molar-refractivity contribution in [3.63, 3.8) is 0 Å². The molecule has 20 heavy (non-hydrogen) atoms. The van der Waals surface area contributed by atoms with Gasteiger partial charge in [-0.05, 0) is 28.1 Å². The predicted octanol–water partition coefficient (Wildman–Crippen LogP) is 3.08. The summed E-state index contributed by atoms with van der Waals surface area (Å²) >= 11 is 4.23. The van der Waals surface area contributed by atoms with E-state index >= 15 is 0 Å². The number of ketones is 1. The van der Waals surface area contributed by atoms with Crippen molar-refractivity contribution in [3.8, 4) is 0 Å². The Labute approximate surface area is 126 Å². The molecular formula is C12H9BrFN3O2S. The van der Waals surface area contributed by atoms with E-state index < -0.39 is 11.7 Å². The molecule has 0 spiro atoms. The maximum Gasteiger partial charge on any atom is 0.258 e. The molecule has 0 aliphatic rings. The van der Waals surface area contributed by atoms with Crippen LogP contribution in [0.5, 0.6) is 0 Å². The smallest absolute Gasteiger partial charge is 0.258 e. The summed E-state index contributed by atoms with van der Waals surface area (Å²) in [5.74, 6) is -1.29. The van der Waals surface area contributed by atoms with Crippen molar-refractivity contribution < 1.29 is 14.0 Å². The van der Waals surface area contributed by atoms with Crippen molar-refractivity contribution in [2.75, 3.05) is 11.1 Å². The standard InChI is InChI=1S/C12H9BrFN3O2S/c1-5(18)10-4-20-12(16-10)17-11(19)6-2-9(15)8(14)3-7(6)13/h2-4H,15H2,1H3,(H,16,17,19). The van der Waals surface area contributed by atoms with Gasteiger partial charge in [0.05, 0.1) is 11.3 Å². The van der Waals surface area contributed by atoms with Crippen molar-refractivity contribution in [1.29, 1.82) is 0 Å². The number of carbonyl (C=O) groups is 2. The molecule has 0 saturated carbocycles. The Bertz CT molecular complexity index is 702. The monoisotopic (exact) mass is 357 g/mol. The Kier molecular flexibility index (Phi) is 4.15. The van der Waals surface area contributed by atoms with Gasteiger partial charge in [-0.15, -0.1) is 11.3 Å². The molecule has 1 aromatic carbocycles. The zero-order valence-electron chi connectivity index (χ0n) is 10.2. The van der Waals surface area contributed by atoms with Gasteiger partial charge in [0.2, 0.25) is 0 Å². The Morgan fingerprint density at radius 3 is 2.75 bits per heavy atom. The van der Waals surface area contributed by atoms with E-state index in [0.29, 0.717) is 0 Å². The van der Waals surface area contributed by atoms with Gasteiger partial charge >= 0.3 is 0 Å². The van der Waals surface area contributed by atoms with Crippen LogP contribution in [-0.4, -0.2) is 16.7 Å². The molecule has 0 saturated heterocycles. The number of anilines is 2. The number of nitrogens with zero attached hydrogens (tertiary/aromatic N) is 1. The molecule has 2 rings (SSSR count). The fraction of sp³-hybridized carbons (Fsp3) is 0.0833. The Hall–Kier alpha value is -1.80. The molecule has 104 valence electrons. The number of hydrogen-bond acceptors (Lipinski definition) is 5. The second kappa shape index (κ2) is 5.68. The molecule has 0 radical (unpaired) electrons. The number of amides is 1. The molecule has 1 heterocycles. The average molecular weight is 358 g/mol. The van der Waals surface area contributed by atoms with Gasteiger partial charge in [0.25, 0.3) is 5.91 Å². The number of nitrogens with one attached hydrogen (secondary N) is 1. The third-order valence-electron chi connectivity index (χ3n) is 2.42. The summed E-state index contributed by atoms with van der Waals surface area (Å²) in [5, 5.41) is 4.36. The second-order valence-electron chi connectivity index (χ2n) is 3.90. The lowest BCUT2D eigenvalue weighted by Crippen LogP contribution is -2.13. The number of benzene rings is 1. The van der Waals surface area contributed by atoms with Crippen LogP contribution in [0.1, 0.15) is 27.8 Å². The number of nitrogen functional groups attached to an aromatic ring is 1. The van der Waals surface area contributed by atoms with E-state index in [-0.39, 0.29) is 32.3 Å². The molecule has 0 aliphatic carbocycles. The first-order valence-corrected chi connectivity index (χ1v) is 7.08. The van der Waals surface area contributed by atoms with E-state index in [1.165, 1.54) is 13.0 Å². The minimum absolute atomic E-state index is 0.123. The van der Waals surface area contributed by atoms with Crippen molar-refractivity contribution in [2.24, 2.45) is 0 Å². The molecule has 0 bridgehead atoms. The summed E-state index contributed by atoms with van der Waals surface area (Å²) in [4.78, 5) is 27.1. The van der Waals surface area contributed by atoms with Crippen molar-refractivity contribution in [3.05, 3.63) is 39.1 Å². The first-order chi connectivity index (χ1) is 9.38. The maximum absolute atomic E-state index is 13.2. The highest BCUT2D eigenvalue weighted by atomic mass is 79.9. The Morgan fingerprint density at radius 1 is 1.45 bits per heavy atom. The number of halogens is 2. The zero-order valence-corrected chi connectivity index (χ0v) is 12.6. The topological polar surface area (TPSA) is 85.1 Å². The quantitative estimate of drug-likeness (QED) is 0.652. The van der Waals surface area contributed by atoms with Crippen LogP contribution >= 0.6 is 27.3 Å². The number of Topliss-reactive ketones (excluding diaryl/α,β-unsaturated/α-hetero) is 1. The van der Waals surface area contributed by atoms with Crippen LogP contribution in [0, 0.1) is 5.82 Å². The largest absolute Gasteiger partial charge is 0.396 e. The molecule has 2 aromatic rings. The van der Waals surface area contributed by atoms with E-state index in [0.717, 1.165) is 17.4 Å². The van der Waals surface area contributed by atoms with Crippen LogP contribution < -0.4 is 11.1 Å². The summed E-state index contributed by atoms with van der Waals surface area (Å²) in [6, 6.07) is 2.35. The van der Waals surface area contributed by atoms with E-state index in [1.54, 1.807) is 5.38 Å². The van der Waals surface area contributed by atoms with Gasteiger partial charge in [0.1, 0.15) is 11.5 Å². The van der Waals surface area contributed by atoms with E-state index in [1.807, 2.05) is 0 Å². The minimum Gasteiger partial charge on any atom is -0.396 e. The first-order valence-electron chi connectivity index (χ1n) is 5.41. The van der Waals surface area contributed by atoms with Crippen LogP contribution in [0.2, 0.25) is 0 Å². The van der Waals surface area contributed by atoms with E-state index in [4.69, 9.17) is 5.73 Å². The van der Waals surface area contributed by atoms with Gasteiger partial charge in [0.15, 0.2) is 10.9 Å². The normalized spacial score (nSPS) is 10.3. The van der Waals surface area contributed by atoms with Crippen LogP contribution in [-0.2, 0) is 0 Å².